The van der Waals surface area contributed by atoms with Crippen LogP contribution in [0, 0.1) is 0 Å². The van der Waals surface area contributed by atoms with Gasteiger partial charge in [0.2, 0.25) is 5.91 Å². The van der Waals surface area contributed by atoms with Gasteiger partial charge >= 0.3 is 0 Å². The molecule has 1 rings (SSSR count). The second-order valence-corrected chi connectivity index (χ2v) is 4.47. The topological polar surface area (TPSA) is 64.3 Å². The third-order valence-corrected chi connectivity index (χ3v) is 2.88. The van der Waals surface area contributed by atoms with Crippen molar-refractivity contribution in [3.8, 4) is 5.75 Å². The van der Waals surface area contributed by atoms with E-state index in [9.17, 15) is 4.79 Å². The average molecular weight is 250 g/mol. The summed E-state index contributed by atoms with van der Waals surface area (Å²) in [5.41, 5.74) is 6.58. The number of benzene rings is 1. The molecule has 0 aliphatic carbocycles. The van der Waals surface area contributed by atoms with Gasteiger partial charge in [0, 0.05) is 11.6 Å². The molecule has 0 heterocycles. The summed E-state index contributed by atoms with van der Waals surface area (Å²) in [5.74, 6) is 0.297. The maximum atomic E-state index is 11.2. The minimum atomic E-state index is -0.429. The molecule has 0 saturated heterocycles. The molecule has 1 amide bonds. The van der Waals surface area contributed by atoms with Crippen LogP contribution in [0.4, 0.5) is 5.69 Å². The van der Waals surface area contributed by atoms with Crippen LogP contribution < -0.4 is 15.8 Å². The monoisotopic (exact) mass is 250 g/mol. The highest BCUT2D eigenvalue weighted by Gasteiger charge is 2.10. The third kappa shape index (κ3) is 3.95. The average Bonchev–Trinajstić information content (AvgIpc) is 2.36. The summed E-state index contributed by atoms with van der Waals surface area (Å²) in [6.45, 7) is 4.28. The largest absolute Gasteiger partial charge is 0.495 e. The molecule has 0 saturated carbocycles. The molecule has 4 heteroatoms. The molecular weight excluding hydrogens is 228 g/mol. The number of rotatable bonds is 7. The SMILES string of the molecule is CCCCC(C)Nc1cc(C(N)=O)ccc1OC. The zero-order valence-electron chi connectivity index (χ0n) is 11.3. The molecule has 1 aromatic rings. The number of hydrogen-bond acceptors (Lipinski definition) is 3. The van der Waals surface area contributed by atoms with E-state index in [2.05, 4.69) is 19.2 Å². The normalized spacial score (nSPS) is 11.9. The number of carbonyl (C=O) groups is 1. The first-order valence-corrected chi connectivity index (χ1v) is 6.32. The van der Waals surface area contributed by atoms with Gasteiger partial charge in [0.15, 0.2) is 0 Å². The molecule has 0 fully saturated rings. The Balaban J connectivity index is 2.84. The van der Waals surface area contributed by atoms with Gasteiger partial charge in [-0.15, -0.1) is 0 Å². The molecule has 0 bridgehead atoms. The minimum Gasteiger partial charge on any atom is -0.495 e. The Kier molecular flexibility index (Phi) is 5.49. The summed E-state index contributed by atoms with van der Waals surface area (Å²) in [6, 6.07) is 5.50. The minimum absolute atomic E-state index is 0.335. The van der Waals surface area contributed by atoms with E-state index in [4.69, 9.17) is 10.5 Å². The lowest BCUT2D eigenvalue weighted by Crippen LogP contribution is -2.17. The highest BCUT2D eigenvalue weighted by molar-refractivity contribution is 5.94. The molecule has 100 valence electrons. The van der Waals surface area contributed by atoms with Crippen molar-refractivity contribution >= 4 is 11.6 Å². The van der Waals surface area contributed by atoms with Crippen LogP contribution in [-0.2, 0) is 0 Å². The number of nitrogens with one attached hydrogen (secondary N) is 1. The number of carbonyl (C=O) groups excluding carboxylic acids is 1. The molecule has 0 aliphatic rings. The highest BCUT2D eigenvalue weighted by atomic mass is 16.5. The smallest absolute Gasteiger partial charge is 0.248 e. The molecule has 0 aromatic heterocycles. The Bertz CT molecular complexity index is 405. The van der Waals surface area contributed by atoms with Crippen LogP contribution in [0.15, 0.2) is 18.2 Å². The van der Waals surface area contributed by atoms with Gasteiger partial charge in [-0.1, -0.05) is 19.8 Å². The number of unbranched alkanes of at least 4 members (excludes halogenated alkanes) is 1. The number of nitrogens with two attached hydrogens (primary N) is 1. The lowest BCUT2D eigenvalue weighted by atomic mass is 10.1. The molecule has 18 heavy (non-hydrogen) atoms. The number of anilines is 1. The predicted octanol–water partition coefficient (Wildman–Crippen LogP) is 2.78. The van der Waals surface area contributed by atoms with Crippen LogP contribution >= 0.6 is 0 Å². The van der Waals surface area contributed by atoms with Gasteiger partial charge in [-0.25, -0.2) is 0 Å². The number of primary amides is 1. The van der Waals surface area contributed by atoms with Crippen molar-refractivity contribution in [2.24, 2.45) is 5.73 Å². The summed E-state index contributed by atoms with van der Waals surface area (Å²) in [4.78, 5) is 11.2. The van der Waals surface area contributed by atoms with Crippen molar-refractivity contribution < 1.29 is 9.53 Å². The van der Waals surface area contributed by atoms with Gasteiger partial charge in [-0.3, -0.25) is 4.79 Å². The lowest BCUT2D eigenvalue weighted by Gasteiger charge is -2.17. The van der Waals surface area contributed by atoms with Crippen molar-refractivity contribution in [3.05, 3.63) is 23.8 Å². The first-order chi connectivity index (χ1) is 8.58. The van der Waals surface area contributed by atoms with E-state index in [1.807, 2.05) is 0 Å². The Morgan fingerprint density at radius 3 is 2.78 bits per heavy atom. The van der Waals surface area contributed by atoms with E-state index < -0.39 is 5.91 Å². The molecule has 0 radical (unpaired) electrons. The van der Waals surface area contributed by atoms with Gasteiger partial charge in [-0.2, -0.15) is 0 Å². The number of hydrogen-bond donors (Lipinski definition) is 2. The Hall–Kier alpha value is -1.71. The number of amides is 1. The van der Waals surface area contributed by atoms with Gasteiger partial charge in [0.25, 0.3) is 0 Å². The second-order valence-electron chi connectivity index (χ2n) is 4.47. The second kappa shape index (κ2) is 6.89. The quantitative estimate of drug-likeness (QED) is 0.782. The Labute approximate surface area is 109 Å². The summed E-state index contributed by atoms with van der Waals surface area (Å²) >= 11 is 0. The van der Waals surface area contributed by atoms with E-state index in [1.165, 1.54) is 12.8 Å². The van der Waals surface area contributed by atoms with Crippen LogP contribution in [-0.4, -0.2) is 19.1 Å². The van der Waals surface area contributed by atoms with Crippen molar-refractivity contribution in [3.63, 3.8) is 0 Å². The molecule has 1 unspecified atom stereocenters. The fourth-order valence-electron chi connectivity index (χ4n) is 1.82. The maximum absolute atomic E-state index is 11.2. The number of ether oxygens (including phenoxy) is 1. The summed E-state index contributed by atoms with van der Waals surface area (Å²) in [5, 5.41) is 3.36. The van der Waals surface area contributed by atoms with Crippen molar-refractivity contribution in [1.29, 1.82) is 0 Å². The van der Waals surface area contributed by atoms with Gasteiger partial charge < -0.3 is 15.8 Å². The fourth-order valence-corrected chi connectivity index (χ4v) is 1.82. The van der Waals surface area contributed by atoms with Crippen LogP contribution in [0.2, 0.25) is 0 Å². The molecule has 1 atom stereocenters. The molecule has 3 N–H and O–H groups in total. The Morgan fingerprint density at radius 1 is 1.50 bits per heavy atom. The lowest BCUT2D eigenvalue weighted by molar-refractivity contribution is 0.100. The zero-order chi connectivity index (χ0) is 13.5. The highest BCUT2D eigenvalue weighted by Crippen LogP contribution is 2.26. The molecular formula is C14H22N2O2. The van der Waals surface area contributed by atoms with E-state index in [0.717, 1.165) is 17.9 Å². The standard InChI is InChI=1S/C14H22N2O2/c1-4-5-6-10(2)16-12-9-11(14(15)17)7-8-13(12)18-3/h7-10,16H,4-6H2,1-3H3,(H2,15,17). The van der Waals surface area contributed by atoms with Gasteiger partial charge in [-0.05, 0) is 31.5 Å². The predicted molar refractivity (Wildman–Crippen MR) is 74.1 cm³/mol. The van der Waals surface area contributed by atoms with Crippen molar-refractivity contribution in [2.45, 2.75) is 39.2 Å². The summed E-state index contributed by atoms with van der Waals surface area (Å²) in [7, 11) is 1.61. The first kappa shape index (κ1) is 14.4. The van der Waals surface area contributed by atoms with Crippen LogP contribution in [0.5, 0.6) is 5.75 Å². The van der Waals surface area contributed by atoms with E-state index in [-0.39, 0.29) is 0 Å². The maximum Gasteiger partial charge on any atom is 0.248 e. The molecule has 0 aliphatic heterocycles. The molecule has 0 spiro atoms. The molecule has 4 nitrogen and oxygen atoms in total. The molecule has 1 aromatic carbocycles. The summed E-state index contributed by atoms with van der Waals surface area (Å²) in [6.07, 6.45) is 3.43. The van der Waals surface area contributed by atoms with E-state index in [0.29, 0.717) is 11.6 Å². The van der Waals surface area contributed by atoms with E-state index >= 15 is 0 Å². The Morgan fingerprint density at radius 2 is 2.22 bits per heavy atom. The van der Waals surface area contributed by atoms with Gasteiger partial charge in [0.1, 0.15) is 5.75 Å². The first-order valence-electron chi connectivity index (χ1n) is 6.32. The van der Waals surface area contributed by atoms with Crippen LogP contribution in [0.1, 0.15) is 43.5 Å². The van der Waals surface area contributed by atoms with Crippen molar-refractivity contribution in [2.75, 3.05) is 12.4 Å². The van der Waals surface area contributed by atoms with Crippen molar-refractivity contribution in [1.82, 2.24) is 0 Å². The number of methoxy groups -OCH3 is 1. The fraction of sp³-hybridized carbons (Fsp3) is 0.500. The third-order valence-electron chi connectivity index (χ3n) is 2.88. The van der Waals surface area contributed by atoms with Crippen LogP contribution in [0.25, 0.3) is 0 Å². The van der Waals surface area contributed by atoms with Crippen LogP contribution in [0.3, 0.4) is 0 Å². The summed E-state index contributed by atoms with van der Waals surface area (Å²) < 4.78 is 5.27. The zero-order valence-corrected chi connectivity index (χ0v) is 11.3. The van der Waals surface area contributed by atoms with Gasteiger partial charge in [0.05, 0.1) is 12.8 Å². The van der Waals surface area contributed by atoms with E-state index in [1.54, 1.807) is 25.3 Å².